The molecule has 0 heterocycles. The molecule has 2 fully saturated rings. The topological polar surface area (TPSA) is 64.3 Å². The second-order valence-corrected chi connectivity index (χ2v) is 6.14. The lowest BCUT2D eigenvalue weighted by atomic mass is 9.73. The van der Waals surface area contributed by atoms with Crippen LogP contribution in [0.4, 0.5) is 4.79 Å². The van der Waals surface area contributed by atoms with E-state index >= 15 is 0 Å². The summed E-state index contributed by atoms with van der Waals surface area (Å²) in [5, 5.41) is 3.04. The van der Waals surface area contributed by atoms with Gasteiger partial charge in [0.05, 0.1) is 0 Å². The maximum absolute atomic E-state index is 11.7. The Labute approximate surface area is 96.9 Å². The minimum absolute atomic E-state index is 0.0538. The number of hydrogen-bond acceptors (Lipinski definition) is 3. The number of carbonyl (C=O) groups excluding carboxylic acids is 1. The molecule has 4 nitrogen and oxygen atoms in total. The van der Waals surface area contributed by atoms with Crippen molar-refractivity contribution in [3.63, 3.8) is 0 Å². The van der Waals surface area contributed by atoms with Gasteiger partial charge in [0.2, 0.25) is 0 Å². The molecule has 0 spiro atoms. The highest BCUT2D eigenvalue weighted by atomic mass is 16.6. The van der Waals surface area contributed by atoms with E-state index in [1.165, 1.54) is 6.42 Å². The molecule has 0 aliphatic heterocycles. The third kappa shape index (κ3) is 2.32. The van der Waals surface area contributed by atoms with Crippen molar-refractivity contribution in [3.8, 4) is 0 Å². The number of nitrogens with two attached hydrogens (primary N) is 1. The minimum atomic E-state index is -0.430. The van der Waals surface area contributed by atoms with Gasteiger partial charge in [-0.05, 0) is 52.4 Å². The second-order valence-electron chi connectivity index (χ2n) is 6.14. The Morgan fingerprint density at radius 2 is 2.00 bits per heavy atom. The highest BCUT2D eigenvalue weighted by Crippen LogP contribution is 2.49. The molecule has 92 valence electrons. The molecule has 1 amide bonds. The summed E-state index contributed by atoms with van der Waals surface area (Å²) in [6, 6.07) is 0.273. The highest BCUT2D eigenvalue weighted by molar-refractivity contribution is 5.69. The molecule has 0 aromatic rings. The van der Waals surface area contributed by atoms with Gasteiger partial charge in [-0.3, -0.25) is 0 Å². The fourth-order valence-electron chi connectivity index (χ4n) is 2.50. The van der Waals surface area contributed by atoms with Crippen molar-refractivity contribution in [2.45, 2.75) is 63.6 Å². The van der Waals surface area contributed by atoms with Crippen molar-refractivity contribution in [2.75, 3.05) is 0 Å². The predicted octanol–water partition coefficient (Wildman–Crippen LogP) is 1.78. The van der Waals surface area contributed by atoms with Gasteiger partial charge in [0.1, 0.15) is 5.60 Å². The summed E-state index contributed by atoms with van der Waals surface area (Å²) in [4.78, 5) is 11.7. The fraction of sp³-hybridized carbons (Fsp3) is 0.917. The van der Waals surface area contributed by atoms with Crippen molar-refractivity contribution in [2.24, 2.45) is 11.7 Å². The van der Waals surface area contributed by atoms with Gasteiger partial charge in [-0.1, -0.05) is 0 Å². The Kier molecular flexibility index (Phi) is 2.65. The van der Waals surface area contributed by atoms with E-state index in [0.717, 1.165) is 19.3 Å². The second kappa shape index (κ2) is 3.62. The largest absolute Gasteiger partial charge is 0.444 e. The van der Waals surface area contributed by atoms with Crippen LogP contribution in [0.25, 0.3) is 0 Å². The molecule has 2 rings (SSSR count). The molecule has 2 aliphatic rings. The molecule has 3 N–H and O–H groups in total. The van der Waals surface area contributed by atoms with Crippen molar-refractivity contribution < 1.29 is 9.53 Å². The van der Waals surface area contributed by atoms with E-state index in [0.29, 0.717) is 5.92 Å². The van der Waals surface area contributed by atoms with Crippen molar-refractivity contribution in [3.05, 3.63) is 0 Å². The Hall–Kier alpha value is -0.770. The molecule has 0 saturated heterocycles. The normalized spacial score (nSPS) is 31.5. The van der Waals surface area contributed by atoms with Gasteiger partial charge in [0.15, 0.2) is 0 Å². The first-order valence-corrected chi connectivity index (χ1v) is 6.09. The molecule has 16 heavy (non-hydrogen) atoms. The van der Waals surface area contributed by atoms with Gasteiger partial charge in [0.25, 0.3) is 0 Å². The number of rotatable bonds is 2. The summed E-state index contributed by atoms with van der Waals surface area (Å²) in [6.07, 6.45) is 4.01. The van der Waals surface area contributed by atoms with Crippen LogP contribution in [0.1, 0.15) is 46.5 Å². The number of carbonyl (C=O) groups is 1. The van der Waals surface area contributed by atoms with Gasteiger partial charge in [-0.15, -0.1) is 0 Å². The van der Waals surface area contributed by atoms with Crippen LogP contribution in [0, 0.1) is 5.92 Å². The summed E-state index contributed by atoms with van der Waals surface area (Å²) in [5.41, 5.74) is 5.39. The standard InChI is InChI=1S/C12H22N2O2/c1-11(2,3)16-10(15)14-12(5-4-6-12)8-7-9(8)13/h8-9H,4-7,13H2,1-3H3,(H,14,15). The molecule has 0 radical (unpaired) electrons. The average Bonchev–Trinajstić information content (AvgIpc) is 2.72. The lowest BCUT2D eigenvalue weighted by Gasteiger charge is -2.43. The molecule has 2 aliphatic carbocycles. The Morgan fingerprint density at radius 3 is 2.31 bits per heavy atom. The number of nitrogens with one attached hydrogen (secondary N) is 1. The Balaban J connectivity index is 1.90. The Morgan fingerprint density at radius 1 is 1.44 bits per heavy atom. The van der Waals surface area contributed by atoms with Crippen LogP contribution in [0.5, 0.6) is 0 Å². The molecular formula is C12H22N2O2. The van der Waals surface area contributed by atoms with Crippen LogP contribution in [-0.4, -0.2) is 23.3 Å². The van der Waals surface area contributed by atoms with Crippen LogP contribution >= 0.6 is 0 Å². The first-order chi connectivity index (χ1) is 7.32. The highest BCUT2D eigenvalue weighted by Gasteiger charge is 2.55. The number of alkyl carbamates (subject to hydrolysis) is 1. The van der Waals surface area contributed by atoms with Crippen molar-refractivity contribution >= 4 is 6.09 Å². The van der Waals surface area contributed by atoms with Crippen LogP contribution < -0.4 is 11.1 Å². The summed E-state index contributed by atoms with van der Waals surface area (Å²) >= 11 is 0. The summed E-state index contributed by atoms with van der Waals surface area (Å²) in [7, 11) is 0. The van der Waals surface area contributed by atoms with E-state index in [4.69, 9.17) is 10.5 Å². The lowest BCUT2D eigenvalue weighted by molar-refractivity contribution is 0.0346. The monoisotopic (exact) mass is 226 g/mol. The van der Waals surface area contributed by atoms with Gasteiger partial charge < -0.3 is 15.8 Å². The van der Waals surface area contributed by atoms with E-state index in [-0.39, 0.29) is 17.7 Å². The summed E-state index contributed by atoms with van der Waals surface area (Å²) < 4.78 is 5.29. The SMILES string of the molecule is CC(C)(C)OC(=O)NC1(C2CC2N)CCC1. The zero-order valence-corrected chi connectivity index (χ0v) is 10.4. The van der Waals surface area contributed by atoms with Gasteiger partial charge >= 0.3 is 6.09 Å². The zero-order valence-electron chi connectivity index (χ0n) is 10.4. The molecule has 2 unspecified atom stereocenters. The van der Waals surface area contributed by atoms with Crippen molar-refractivity contribution in [1.29, 1.82) is 0 Å². The average molecular weight is 226 g/mol. The van der Waals surface area contributed by atoms with E-state index in [1.807, 2.05) is 20.8 Å². The number of hydrogen-bond donors (Lipinski definition) is 2. The molecule has 2 saturated carbocycles. The first kappa shape index (κ1) is 11.7. The predicted molar refractivity (Wildman–Crippen MR) is 62.0 cm³/mol. The van der Waals surface area contributed by atoms with E-state index in [9.17, 15) is 4.79 Å². The van der Waals surface area contributed by atoms with Gasteiger partial charge in [-0.2, -0.15) is 0 Å². The molecule has 2 atom stereocenters. The van der Waals surface area contributed by atoms with Gasteiger partial charge in [-0.25, -0.2) is 4.79 Å². The van der Waals surface area contributed by atoms with Crippen LogP contribution in [0.2, 0.25) is 0 Å². The van der Waals surface area contributed by atoms with Crippen LogP contribution in [-0.2, 0) is 4.74 Å². The molecule has 0 bridgehead atoms. The maximum Gasteiger partial charge on any atom is 0.408 e. The zero-order chi connectivity index (χ0) is 12.0. The van der Waals surface area contributed by atoms with E-state index in [1.54, 1.807) is 0 Å². The third-order valence-corrected chi connectivity index (χ3v) is 3.55. The molecule has 0 aromatic carbocycles. The first-order valence-electron chi connectivity index (χ1n) is 6.09. The third-order valence-electron chi connectivity index (χ3n) is 3.55. The van der Waals surface area contributed by atoms with Crippen molar-refractivity contribution in [1.82, 2.24) is 5.32 Å². The lowest BCUT2D eigenvalue weighted by Crippen LogP contribution is -2.57. The van der Waals surface area contributed by atoms with Crippen LogP contribution in [0.3, 0.4) is 0 Å². The van der Waals surface area contributed by atoms with Crippen LogP contribution in [0.15, 0.2) is 0 Å². The molecule has 4 heteroatoms. The fourth-order valence-corrected chi connectivity index (χ4v) is 2.50. The maximum atomic E-state index is 11.7. The Bertz CT molecular complexity index is 292. The summed E-state index contributed by atoms with van der Waals surface area (Å²) in [5.74, 6) is 0.466. The number of ether oxygens (including phenoxy) is 1. The summed E-state index contributed by atoms with van der Waals surface area (Å²) in [6.45, 7) is 5.63. The molecular weight excluding hydrogens is 204 g/mol. The van der Waals surface area contributed by atoms with Gasteiger partial charge in [0, 0.05) is 11.6 Å². The smallest absolute Gasteiger partial charge is 0.408 e. The number of amides is 1. The molecule has 0 aromatic heterocycles. The minimum Gasteiger partial charge on any atom is -0.444 e. The quantitative estimate of drug-likeness (QED) is 0.754. The van der Waals surface area contributed by atoms with E-state index in [2.05, 4.69) is 5.32 Å². The van der Waals surface area contributed by atoms with E-state index < -0.39 is 5.60 Å².